The summed E-state index contributed by atoms with van der Waals surface area (Å²) in [4.78, 5) is 0. The third kappa shape index (κ3) is 1.65. The maximum absolute atomic E-state index is 13.0. The van der Waals surface area contributed by atoms with Crippen molar-refractivity contribution in [1.82, 2.24) is 10.2 Å². The topological polar surface area (TPSA) is 28.7 Å². The minimum absolute atomic E-state index is 0.178. The predicted octanol–water partition coefficient (Wildman–Crippen LogP) is 3.36. The van der Waals surface area contributed by atoms with Gasteiger partial charge in [-0.05, 0) is 42.5 Å². The van der Waals surface area contributed by atoms with Crippen molar-refractivity contribution in [3.63, 3.8) is 0 Å². The molecule has 0 amide bonds. The molecular weight excluding hydrogens is 227 g/mol. The maximum Gasteiger partial charge on any atom is 0.123 e. The molecule has 1 aromatic heterocycles. The number of hydrogen-bond acceptors (Lipinski definition) is 1. The number of aryl methyl sites for hydroxylation is 1. The summed E-state index contributed by atoms with van der Waals surface area (Å²) in [6.07, 6.45) is 3.41. The largest absolute Gasteiger partial charge is 0.282 e. The van der Waals surface area contributed by atoms with Crippen LogP contribution >= 0.6 is 0 Å². The molecule has 1 aliphatic carbocycles. The Morgan fingerprint density at radius 3 is 2.61 bits per heavy atom. The number of hydrogen-bond donors (Lipinski definition) is 1. The van der Waals surface area contributed by atoms with E-state index in [-0.39, 0.29) is 11.2 Å². The van der Waals surface area contributed by atoms with Crippen molar-refractivity contribution in [2.45, 2.75) is 38.5 Å². The molecule has 0 bridgehead atoms. The Balaban J connectivity index is 2.06. The molecule has 1 heterocycles. The van der Waals surface area contributed by atoms with Gasteiger partial charge in [-0.15, -0.1) is 0 Å². The molecule has 2 aromatic rings. The average molecular weight is 244 g/mol. The number of aromatic nitrogens is 2. The monoisotopic (exact) mass is 244 g/mol. The highest BCUT2D eigenvalue weighted by Crippen LogP contribution is 2.36. The highest BCUT2D eigenvalue weighted by molar-refractivity contribution is 5.41. The second-order valence-electron chi connectivity index (χ2n) is 5.51. The first-order chi connectivity index (χ1) is 8.59. The van der Waals surface area contributed by atoms with Gasteiger partial charge in [-0.2, -0.15) is 5.10 Å². The van der Waals surface area contributed by atoms with Gasteiger partial charge >= 0.3 is 0 Å². The van der Waals surface area contributed by atoms with Crippen molar-refractivity contribution in [2.75, 3.05) is 0 Å². The van der Waals surface area contributed by atoms with E-state index in [4.69, 9.17) is 0 Å². The van der Waals surface area contributed by atoms with E-state index in [0.717, 1.165) is 24.1 Å². The minimum atomic E-state index is -0.193. The van der Waals surface area contributed by atoms with E-state index in [0.29, 0.717) is 0 Å². The van der Waals surface area contributed by atoms with E-state index < -0.39 is 0 Å². The third-order valence-electron chi connectivity index (χ3n) is 3.96. The lowest BCUT2D eigenvalue weighted by atomic mass is 9.79. The standard InChI is InChI=1S/C15H17FN2/c1-15(2,10-6-8-11(16)9-7-10)14-12-4-3-5-13(12)17-18-14/h6-9H,3-5H2,1-2H3,(H,17,18). The van der Waals surface area contributed by atoms with Gasteiger partial charge in [0.25, 0.3) is 0 Å². The quantitative estimate of drug-likeness (QED) is 0.862. The first-order valence-corrected chi connectivity index (χ1v) is 6.41. The Hall–Kier alpha value is -1.64. The van der Waals surface area contributed by atoms with Crippen LogP contribution in [0.5, 0.6) is 0 Å². The van der Waals surface area contributed by atoms with E-state index in [9.17, 15) is 4.39 Å². The number of aromatic amines is 1. The van der Waals surface area contributed by atoms with Crippen LogP contribution in [0.2, 0.25) is 0 Å². The molecule has 1 aliphatic rings. The zero-order chi connectivity index (χ0) is 12.8. The fraction of sp³-hybridized carbons (Fsp3) is 0.400. The number of halogens is 1. The molecule has 18 heavy (non-hydrogen) atoms. The van der Waals surface area contributed by atoms with Gasteiger partial charge in [0, 0.05) is 11.1 Å². The Bertz CT molecular complexity index is 567. The van der Waals surface area contributed by atoms with Crippen molar-refractivity contribution in [2.24, 2.45) is 0 Å². The molecule has 0 fully saturated rings. The fourth-order valence-electron chi connectivity index (χ4n) is 2.84. The highest BCUT2D eigenvalue weighted by atomic mass is 19.1. The molecule has 1 N–H and O–H groups in total. The molecule has 2 nitrogen and oxygen atoms in total. The Kier molecular flexibility index (Phi) is 2.51. The van der Waals surface area contributed by atoms with Crippen LogP contribution in [-0.2, 0) is 18.3 Å². The number of H-pyrrole nitrogens is 1. The normalized spacial score (nSPS) is 14.8. The van der Waals surface area contributed by atoms with Gasteiger partial charge in [0.15, 0.2) is 0 Å². The molecule has 0 saturated heterocycles. The Morgan fingerprint density at radius 1 is 1.17 bits per heavy atom. The van der Waals surface area contributed by atoms with E-state index in [1.165, 1.54) is 29.8 Å². The molecule has 0 spiro atoms. The number of rotatable bonds is 2. The lowest BCUT2D eigenvalue weighted by Gasteiger charge is -2.24. The molecule has 0 aliphatic heterocycles. The molecular formula is C15H17FN2. The molecule has 3 rings (SSSR count). The molecule has 0 unspecified atom stereocenters. The van der Waals surface area contributed by atoms with Crippen molar-refractivity contribution in [3.8, 4) is 0 Å². The first kappa shape index (κ1) is 11.5. The summed E-state index contributed by atoms with van der Waals surface area (Å²) in [6, 6.07) is 6.74. The average Bonchev–Trinajstić information content (AvgIpc) is 2.90. The number of nitrogens with one attached hydrogen (secondary N) is 1. The predicted molar refractivity (Wildman–Crippen MR) is 69.1 cm³/mol. The van der Waals surface area contributed by atoms with Crippen LogP contribution in [-0.4, -0.2) is 10.2 Å². The SMILES string of the molecule is CC(C)(c1ccc(F)cc1)c1n[nH]c2c1CCC2. The van der Waals surface area contributed by atoms with Gasteiger partial charge < -0.3 is 0 Å². The van der Waals surface area contributed by atoms with Crippen LogP contribution < -0.4 is 0 Å². The summed E-state index contributed by atoms with van der Waals surface area (Å²) < 4.78 is 13.0. The Morgan fingerprint density at radius 2 is 1.89 bits per heavy atom. The zero-order valence-electron chi connectivity index (χ0n) is 10.8. The van der Waals surface area contributed by atoms with Crippen LogP contribution in [0.3, 0.4) is 0 Å². The van der Waals surface area contributed by atoms with Crippen molar-refractivity contribution >= 4 is 0 Å². The van der Waals surface area contributed by atoms with Gasteiger partial charge in [-0.3, -0.25) is 5.10 Å². The summed E-state index contributed by atoms with van der Waals surface area (Å²) in [5.74, 6) is -0.193. The fourth-order valence-corrected chi connectivity index (χ4v) is 2.84. The lowest BCUT2D eigenvalue weighted by molar-refractivity contribution is 0.594. The van der Waals surface area contributed by atoms with E-state index in [1.807, 2.05) is 12.1 Å². The Labute approximate surface area is 106 Å². The van der Waals surface area contributed by atoms with Gasteiger partial charge in [-0.1, -0.05) is 26.0 Å². The zero-order valence-corrected chi connectivity index (χ0v) is 10.8. The number of nitrogens with zero attached hydrogens (tertiary/aromatic N) is 1. The summed E-state index contributed by atoms with van der Waals surface area (Å²) >= 11 is 0. The summed E-state index contributed by atoms with van der Waals surface area (Å²) in [7, 11) is 0. The summed E-state index contributed by atoms with van der Waals surface area (Å²) in [5.41, 5.74) is 4.68. The van der Waals surface area contributed by atoms with Crippen LogP contribution in [0.15, 0.2) is 24.3 Å². The van der Waals surface area contributed by atoms with Crippen LogP contribution in [0, 0.1) is 5.82 Å². The second-order valence-corrected chi connectivity index (χ2v) is 5.51. The number of fused-ring (bicyclic) bond motifs is 1. The first-order valence-electron chi connectivity index (χ1n) is 6.41. The lowest BCUT2D eigenvalue weighted by Crippen LogP contribution is -2.21. The van der Waals surface area contributed by atoms with Gasteiger partial charge in [0.1, 0.15) is 5.82 Å². The number of benzene rings is 1. The second kappa shape index (κ2) is 3.94. The smallest absolute Gasteiger partial charge is 0.123 e. The molecule has 3 heteroatoms. The molecule has 1 aromatic carbocycles. The van der Waals surface area contributed by atoms with Gasteiger partial charge in [0.05, 0.1) is 5.69 Å². The molecule has 0 radical (unpaired) electrons. The summed E-state index contributed by atoms with van der Waals surface area (Å²) in [6.45, 7) is 4.30. The van der Waals surface area contributed by atoms with Crippen molar-refractivity contribution < 1.29 is 4.39 Å². The molecule has 94 valence electrons. The van der Waals surface area contributed by atoms with E-state index in [1.54, 1.807) is 0 Å². The maximum atomic E-state index is 13.0. The van der Waals surface area contributed by atoms with E-state index >= 15 is 0 Å². The van der Waals surface area contributed by atoms with Gasteiger partial charge in [0.2, 0.25) is 0 Å². The minimum Gasteiger partial charge on any atom is -0.282 e. The van der Waals surface area contributed by atoms with E-state index in [2.05, 4.69) is 24.0 Å². The molecule has 0 atom stereocenters. The van der Waals surface area contributed by atoms with Crippen LogP contribution in [0.1, 0.15) is 42.8 Å². The van der Waals surface area contributed by atoms with Gasteiger partial charge in [-0.25, -0.2) is 4.39 Å². The summed E-state index contributed by atoms with van der Waals surface area (Å²) in [5, 5.41) is 7.64. The molecule has 0 saturated carbocycles. The highest BCUT2D eigenvalue weighted by Gasteiger charge is 2.31. The van der Waals surface area contributed by atoms with Crippen molar-refractivity contribution in [1.29, 1.82) is 0 Å². The van der Waals surface area contributed by atoms with Crippen molar-refractivity contribution in [3.05, 3.63) is 52.6 Å². The van der Waals surface area contributed by atoms with Crippen LogP contribution in [0.4, 0.5) is 4.39 Å². The third-order valence-corrected chi connectivity index (χ3v) is 3.96. The van der Waals surface area contributed by atoms with Crippen LogP contribution in [0.25, 0.3) is 0 Å².